The Bertz CT molecular complexity index is 1540. The SMILES string of the molecule is COC(=O)CN1CCN(C2CCN(C(=O)C(Cc3ccc(Br)c(Br)c3)OC(=O)N3CCC(N4CCc5ccccc5NC4=O)CC3)CC2)CC1. The summed E-state index contributed by atoms with van der Waals surface area (Å²) in [4.78, 5) is 62.4. The van der Waals surface area contributed by atoms with Crippen LogP contribution in [-0.4, -0.2) is 139 Å². The van der Waals surface area contributed by atoms with E-state index < -0.39 is 12.2 Å². The lowest BCUT2D eigenvalue weighted by atomic mass is 10.0. The molecule has 6 rings (SSSR count). The topological polar surface area (TPSA) is 115 Å². The zero-order valence-corrected chi connectivity index (χ0v) is 31.7. The lowest BCUT2D eigenvalue weighted by Gasteiger charge is -2.43. The number of para-hydroxylation sites is 1. The molecule has 1 N–H and O–H groups in total. The fourth-order valence-corrected chi connectivity index (χ4v) is 8.22. The number of benzene rings is 2. The number of amides is 4. The Morgan fingerprint density at radius 3 is 2.22 bits per heavy atom. The molecule has 0 saturated carbocycles. The van der Waals surface area contributed by atoms with Gasteiger partial charge in [-0.2, -0.15) is 0 Å². The second kappa shape index (κ2) is 16.9. The van der Waals surface area contributed by atoms with Crippen LogP contribution in [-0.2, 0) is 31.9 Å². The van der Waals surface area contributed by atoms with Gasteiger partial charge in [0.2, 0.25) is 0 Å². The number of halogens is 2. The Balaban J connectivity index is 1.04. The zero-order valence-electron chi connectivity index (χ0n) is 28.5. The molecule has 2 aromatic carbocycles. The molecule has 3 fully saturated rings. The van der Waals surface area contributed by atoms with Gasteiger partial charge in [0.1, 0.15) is 0 Å². The van der Waals surface area contributed by atoms with Crippen molar-refractivity contribution in [2.24, 2.45) is 0 Å². The Morgan fingerprint density at radius 1 is 0.840 bits per heavy atom. The van der Waals surface area contributed by atoms with Gasteiger partial charge in [-0.3, -0.25) is 19.4 Å². The van der Waals surface area contributed by atoms with Crippen LogP contribution in [0.1, 0.15) is 36.8 Å². The van der Waals surface area contributed by atoms with Crippen LogP contribution in [0, 0.1) is 0 Å². The highest BCUT2D eigenvalue weighted by molar-refractivity contribution is 9.13. The Kier molecular flexibility index (Phi) is 12.3. The summed E-state index contributed by atoms with van der Waals surface area (Å²) in [6, 6.07) is 14.0. The maximum absolute atomic E-state index is 14.0. The lowest BCUT2D eigenvalue weighted by molar-refractivity contribution is -0.142. The van der Waals surface area contributed by atoms with E-state index in [-0.39, 0.29) is 30.4 Å². The van der Waals surface area contributed by atoms with Gasteiger partial charge >= 0.3 is 18.1 Å². The smallest absolute Gasteiger partial charge is 0.410 e. The summed E-state index contributed by atoms with van der Waals surface area (Å²) in [5, 5.41) is 3.05. The van der Waals surface area contributed by atoms with E-state index in [1.54, 1.807) is 4.90 Å². The van der Waals surface area contributed by atoms with Crippen LogP contribution in [0.5, 0.6) is 0 Å². The summed E-state index contributed by atoms with van der Waals surface area (Å²) in [5.41, 5.74) is 2.87. The molecule has 4 heterocycles. The van der Waals surface area contributed by atoms with E-state index in [0.29, 0.717) is 58.2 Å². The predicted octanol–water partition coefficient (Wildman–Crippen LogP) is 4.60. The number of piperidine rings is 2. The first-order valence-corrected chi connectivity index (χ1v) is 19.1. The van der Waals surface area contributed by atoms with Gasteiger partial charge in [-0.15, -0.1) is 0 Å². The molecular formula is C36H46Br2N6O6. The minimum absolute atomic E-state index is 0.0167. The number of nitrogens with one attached hydrogen (secondary N) is 1. The van der Waals surface area contributed by atoms with Gasteiger partial charge < -0.3 is 29.5 Å². The fraction of sp³-hybridized carbons (Fsp3) is 0.556. The largest absolute Gasteiger partial charge is 0.468 e. The van der Waals surface area contributed by atoms with E-state index in [4.69, 9.17) is 9.47 Å². The van der Waals surface area contributed by atoms with Crippen molar-refractivity contribution in [1.82, 2.24) is 24.5 Å². The normalized spacial score (nSPS) is 20.5. The summed E-state index contributed by atoms with van der Waals surface area (Å²) >= 11 is 7.08. The highest BCUT2D eigenvalue weighted by Crippen LogP contribution is 2.28. The number of hydrogen-bond donors (Lipinski definition) is 1. The number of piperazine rings is 1. The molecule has 14 heteroatoms. The molecule has 0 aliphatic carbocycles. The van der Waals surface area contributed by atoms with Gasteiger partial charge in [-0.25, -0.2) is 9.59 Å². The van der Waals surface area contributed by atoms with Gasteiger partial charge in [-0.05, 0) is 93.3 Å². The average Bonchev–Trinajstić information content (AvgIpc) is 3.31. The van der Waals surface area contributed by atoms with Gasteiger partial charge in [0, 0.05) is 92.0 Å². The first-order chi connectivity index (χ1) is 24.2. The minimum Gasteiger partial charge on any atom is -0.468 e. The van der Waals surface area contributed by atoms with E-state index in [2.05, 4.69) is 47.0 Å². The van der Waals surface area contributed by atoms with Crippen molar-refractivity contribution in [3.8, 4) is 0 Å². The van der Waals surface area contributed by atoms with Crippen LogP contribution in [0.15, 0.2) is 51.4 Å². The van der Waals surface area contributed by atoms with Crippen molar-refractivity contribution in [3.63, 3.8) is 0 Å². The van der Waals surface area contributed by atoms with Gasteiger partial charge in [0.15, 0.2) is 6.10 Å². The number of carbonyl (C=O) groups is 4. The maximum Gasteiger partial charge on any atom is 0.410 e. The van der Waals surface area contributed by atoms with Crippen molar-refractivity contribution in [2.45, 2.75) is 56.7 Å². The molecule has 12 nitrogen and oxygen atoms in total. The van der Waals surface area contributed by atoms with Crippen LogP contribution in [0.2, 0.25) is 0 Å². The van der Waals surface area contributed by atoms with Crippen molar-refractivity contribution in [2.75, 3.05) is 77.9 Å². The van der Waals surface area contributed by atoms with E-state index in [1.165, 1.54) is 7.11 Å². The molecule has 4 aliphatic heterocycles. The van der Waals surface area contributed by atoms with Crippen LogP contribution in [0.3, 0.4) is 0 Å². The van der Waals surface area contributed by atoms with Gasteiger partial charge in [0.05, 0.1) is 13.7 Å². The second-order valence-corrected chi connectivity index (χ2v) is 15.2. The zero-order chi connectivity index (χ0) is 35.2. The highest BCUT2D eigenvalue weighted by atomic mass is 79.9. The number of methoxy groups -OCH3 is 1. The first kappa shape index (κ1) is 36.6. The molecule has 2 aromatic rings. The Labute approximate surface area is 310 Å². The van der Waals surface area contributed by atoms with E-state index in [9.17, 15) is 19.2 Å². The van der Waals surface area contributed by atoms with Crippen LogP contribution in [0.4, 0.5) is 15.3 Å². The molecule has 270 valence electrons. The van der Waals surface area contributed by atoms with Gasteiger partial charge in [0.25, 0.3) is 5.91 Å². The molecular weight excluding hydrogens is 772 g/mol. The molecule has 4 amide bonds. The van der Waals surface area contributed by atoms with Crippen molar-refractivity contribution >= 4 is 61.5 Å². The molecule has 1 atom stereocenters. The molecule has 0 spiro atoms. The van der Waals surface area contributed by atoms with Crippen molar-refractivity contribution in [1.29, 1.82) is 0 Å². The quantitative estimate of drug-likeness (QED) is 0.385. The lowest BCUT2D eigenvalue weighted by Crippen LogP contribution is -2.55. The molecule has 0 bridgehead atoms. The van der Waals surface area contributed by atoms with Crippen molar-refractivity contribution in [3.05, 3.63) is 62.5 Å². The number of likely N-dealkylation sites (tertiary alicyclic amines) is 2. The number of carbonyl (C=O) groups excluding carboxylic acids is 4. The molecule has 1 unspecified atom stereocenters. The number of hydrogen-bond acceptors (Lipinski definition) is 8. The monoisotopic (exact) mass is 816 g/mol. The molecule has 3 saturated heterocycles. The second-order valence-electron chi connectivity index (χ2n) is 13.5. The van der Waals surface area contributed by atoms with E-state index in [0.717, 1.165) is 71.2 Å². The number of rotatable bonds is 8. The van der Waals surface area contributed by atoms with Gasteiger partial charge in [-0.1, -0.05) is 24.3 Å². The summed E-state index contributed by atoms with van der Waals surface area (Å²) in [7, 11) is 1.42. The number of urea groups is 1. The third-order valence-electron chi connectivity index (χ3n) is 10.5. The van der Waals surface area contributed by atoms with Crippen molar-refractivity contribution < 1.29 is 28.7 Å². The van der Waals surface area contributed by atoms with E-state index in [1.807, 2.05) is 52.3 Å². The summed E-state index contributed by atoms with van der Waals surface area (Å²) < 4.78 is 12.6. The Morgan fingerprint density at radius 2 is 1.52 bits per heavy atom. The Hall–Kier alpha value is -3.20. The number of anilines is 1. The third kappa shape index (κ3) is 8.99. The van der Waals surface area contributed by atoms with Crippen LogP contribution < -0.4 is 5.32 Å². The standard InChI is InChI=1S/C36H46Br2N6O6/c1-49-33(45)24-40-18-20-41(21-19-40)27-9-13-42(14-10-27)34(46)32(23-25-6-7-29(37)30(38)22-25)50-36(48)43-15-11-28(12-16-43)44-17-8-26-4-2-3-5-31(26)39-35(44)47/h2-7,22,27-28,32H,8-21,23-24H2,1H3,(H,39,47). The molecule has 0 radical (unpaired) electrons. The minimum atomic E-state index is -0.957. The molecule has 0 aromatic heterocycles. The first-order valence-electron chi connectivity index (χ1n) is 17.6. The number of esters is 1. The number of fused-ring (bicyclic) bond motifs is 1. The molecule has 4 aliphatic rings. The molecule has 50 heavy (non-hydrogen) atoms. The average molecular weight is 819 g/mol. The summed E-state index contributed by atoms with van der Waals surface area (Å²) in [5.74, 6) is -0.386. The summed E-state index contributed by atoms with van der Waals surface area (Å²) in [6.07, 6.45) is 2.56. The number of nitrogens with zero attached hydrogens (tertiary/aromatic N) is 5. The predicted molar refractivity (Wildman–Crippen MR) is 196 cm³/mol. The highest BCUT2D eigenvalue weighted by Gasteiger charge is 2.36. The summed E-state index contributed by atoms with van der Waals surface area (Å²) in [6.45, 7) is 6.40. The van der Waals surface area contributed by atoms with E-state index >= 15 is 0 Å². The maximum atomic E-state index is 14.0. The third-order valence-corrected chi connectivity index (χ3v) is 12.4. The van der Waals surface area contributed by atoms with Crippen LogP contribution >= 0.6 is 31.9 Å². The van der Waals surface area contributed by atoms with Crippen LogP contribution in [0.25, 0.3) is 0 Å². The number of ether oxygens (including phenoxy) is 2. The fourth-order valence-electron chi connectivity index (χ4n) is 7.54.